The molecule has 0 unspecified atom stereocenters. The zero-order valence-corrected chi connectivity index (χ0v) is 11.3. The summed E-state index contributed by atoms with van der Waals surface area (Å²) in [6.07, 6.45) is 1.62. The molecule has 0 fully saturated rings. The van der Waals surface area contributed by atoms with E-state index in [1.54, 1.807) is 19.4 Å². The van der Waals surface area contributed by atoms with Gasteiger partial charge in [-0.3, -0.25) is 0 Å². The van der Waals surface area contributed by atoms with Gasteiger partial charge in [-0.1, -0.05) is 24.4 Å². The van der Waals surface area contributed by atoms with Crippen LogP contribution in [0.1, 0.15) is 11.3 Å². The zero-order chi connectivity index (χ0) is 13.7. The first-order chi connectivity index (χ1) is 9.19. The Morgan fingerprint density at radius 1 is 1.32 bits per heavy atom. The highest BCUT2D eigenvalue weighted by molar-refractivity contribution is 7.80. The smallest absolute Gasteiger partial charge is 0.223 e. The van der Waals surface area contributed by atoms with Gasteiger partial charge in [0.25, 0.3) is 0 Å². The van der Waals surface area contributed by atoms with E-state index in [1.807, 2.05) is 24.3 Å². The zero-order valence-electron chi connectivity index (χ0n) is 10.5. The van der Waals surface area contributed by atoms with E-state index in [-0.39, 0.29) is 4.99 Å². The van der Waals surface area contributed by atoms with Crippen molar-refractivity contribution in [2.45, 2.75) is 6.54 Å². The van der Waals surface area contributed by atoms with Crippen LogP contribution in [-0.2, 0) is 6.54 Å². The first kappa shape index (κ1) is 13.2. The fraction of sp³-hybridized carbons (Fsp3) is 0.154. The predicted octanol–water partition coefficient (Wildman–Crippen LogP) is 1.73. The summed E-state index contributed by atoms with van der Waals surface area (Å²) in [5.41, 5.74) is 7.18. The van der Waals surface area contributed by atoms with Crippen LogP contribution in [0.5, 0.6) is 5.75 Å². The van der Waals surface area contributed by atoms with Crippen LogP contribution in [0.15, 0.2) is 36.5 Å². The number of methoxy groups -OCH3 is 1. The molecule has 0 saturated carbocycles. The largest absolute Gasteiger partial charge is 0.497 e. The Morgan fingerprint density at radius 2 is 2.05 bits per heavy atom. The molecule has 1 aromatic heterocycles. The summed E-state index contributed by atoms with van der Waals surface area (Å²) in [6.45, 7) is 0.616. The maximum absolute atomic E-state index is 5.52. The molecule has 0 aliphatic heterocycles. The molecule has 98 valence electrons. The van der Waals surface area contributed by atoms with E-state index in [0.717, 1.165) is 11.3 Å². The normalized spacial score (nSPS) is 9.95. The second-order valence-corrected chi connectivity index (χ2v) is 4.27. The SMILES string of the molecule is COc1ccc(CNc2nccc(C(N)=S)n2)cc1. The molecule has 0 spiro atoms. The number of benzene rings is 1. The summed E-state index contributed by atoms with van der Waals surface area (Å²) >= 11 is 4.87. The Morgan fingerprint density at radius 3 is 2.68 bits per heavy atom. The van der Waals surface area contributed by atoms with Crippen molar-refractivity contribution in [2.75, 3.05) is 12.4 Å². The molecule has 0 atom stereocenters. The van der Waals surface area contributed by atoms with E-state index >= 15 is 0 Å². The lowest BCUT2D eigenvalue weighted by atomic mass is 10.2. The lowest BCUT2D eigenvalue weighted by Gasteiger charge is -2.06. The first-order valence-corrected chi connectivity index (χ1v) is 6.09. The third-order valence-corrected chi connectivity index (χ3v) is 2.73. The Labute approximate surface area is 116 Å². The monoisotopic (exact) mass is 274 g/mol. The van der Waals surface area contributed by atoms with Crippen molar-refractivity contribution in [2.24, 2.45) is 5.73 Å². The van der Waals surface area contributed by atoms with Crippen molar-refractivity contribution in [3.63, 3.8) is 0 Å². The second kappa shape index (κ2) is 6.10. The molecule has 1 aromatic carbocycles. The average molecular weight is 274 g/mol. The fourth-order valence-corrected chi connectivity index (χ4v) is 1.62. The Kier molecular flexibility index (Phi) is 4.25. The molecule has 0 saturated heterocycles. The van der Waals surface area contributed by atoms with Gasteiger partial charge < -0.3 is 15.8 Å². The number of nitrogens with zero attached hydrogens (tertiary/aromatic N) is 2. The van der Waals surface area contributed by atoms with E-state index in [9.17, 15) is 0 Å². The molecular weight excluding hydrogens is 260 g/mol. The van der Waals surface area contributed by atoms with Crippen LogP contribution in [-0.4, -0.2) is 22.1 Å². The van der Waals surface area contributed by atoms with Gasteiger partial charge in [0.15, 0.2) is 0 Å². The molecule has 2 aromatic rings. The Bertz CT molecular complexity index is 571. The molecular formula is C13H14N4OS. The number of ether oxygens (including phenoxy) is 1. The van der Waals surface area contributed by atoms with Gasteiger partial charge in [-0.05, 0) is 23.8 Å². The van der Waals surface area contributed by atoms with Crippen LogP contribution >= 0.6 is 12.2 Å². The second-order valence-electron chi connectivity index (χ2n) is 3.83. The van der Waals surface area contributed by atoms with Gasteiger partial charge in [0.2, 0.25) is 5.95 Å². The highest BCUT2D eigenvalue weighted by atomic mass is 32.1. The van der Waals surface area contributed by atoms with Crippen LogP contribution in [0.25, 0.3) is 0 Å². The minimum Gasteiger partial charge on any atom is -0.497 e. The van der Waals surface area contributed by atoms with Gasteiger partial charge in [0.05, 0.1) is 7.11 Å². The number of hydrogen-bond donors (Lipinski definition) is 2. The number of aromatic nitrogens is 2. The molecule has 5 nitrogen and oxygen atoms in total. The van der Waals surface area contributed by atoms with Crippen LogP contribution in [0.3, 0.4) is 0 Å². The van der Waals surface area contributed by atoms with Gasteiger partial charge >= 0.3 is 0 Å². The molecule has 1 heterocycles. The highest BCUT2D eigenvalue weighted by Gasteiger charge is 2.01. The number of rotatable bonds is 5. The van der Waals surface area contributed by atoms with Crippen LogP contribution in [0.2, 0.25) is 0 Å². The lowest BCUT2D eigenvalue weighted by molar-refractivity contribution is 0.414. The Balaban J connectivity index is 2.01. The third-order valence-electron chi connectivity index (χ3n) is 2.52. The molecule has 0 radical (unpaired) electrons. The van der Waals surface area contributed by atoms with E-state index < -0.39 is 0 Å². The van der Waals surface area contributed by atoms with Crippen molar-refractivity contribution < 1.29 is 4.74 Å². The van der Waals surface area contributed by atoms with Crippen LogP contribution in [0, 0.1) is 0 Å². The van der Waals surface area contributed by atoms with Crippen molar-refractivity contribution in [1.82, 2.24) is 9.97 Å². The molecule has 0 bridgehead atoms. The van der Waals surface area contributed by atoms with E-state index in [1.165, 1.54) is 0 Å². The van der Waals surface area contributed by atoms with Gasteiger partial charge in [0, 0.05) is 12.7 Å². The summed E-state index contributed by atoms with van der Waals surface area (Å²) in [5, 5.41) is 3.12. The van der Waals surface area contributed by atoms with Gasteiger partial charge in [-0.15, -0.1) is 0 Å². The summed E-state index contributed by atoms with van der Waals surface area (Å²) in [7, 11) is 1.64. The van der Waals surface area contributed by atoms with Crippen molar-refractivity contribution >= 4 is 23.2 Å². The Hall–Kier alpha value is -2.21. The summed E-state index contributed by atoms with van der Waals surface area (Å²) < 4.78 is 5.10. The standard InChI is InChI=1S/C13H14N4OS/c1-18-10-4-2-9(3-5-10)8-16-13-15-7-6-11(17-13)12(14)19/h2-7H,8H2,1H3,(H2,14,19)(H,15,16,17). The molecule has 0 amide bonds. The molecule has 6 heteroatoms. The first-order valence-electron chi connectivity index (χ1n) is 5.68. The fourth-order valence-electron chi connectivity index (χ4n) is 1.51. The molecule has 19 heavy (non-hydrogen) atoms. The van der Waals surface area contributed by atoms with Crippen molar-refractivity contribution in [3.8, 4) is 5.75 Å². The number of anilines is 1. The maximum Gasteiger partial charge on any atom is 0.223 e. The van der Waals surface area contributed by atoms with Crippen LogP contribution in [0.4, 0.5) is 5.95 Å². The third kappa shape index (κ3) is 3.62. The number of thiocarbonyl (C=S) groups is 1. The minimum absolute atomic E-state index is 0.259. The lowest BCUT2D eigenvalue weighted by Crippen LogP contribution is -2.13. The summed E-state index contributed by atoms with van der Waals surface area (Å²) in [4.78, 5) is 8.58. The van der Waals surface area contributed by atoms with Crippen molar-refractivity contribution in [1.29, 1.82) is 0 Å². The molecule has 2 rings (SSSR count). The van der Waals surface area contributed by atoms with E-state index in [2.05, 4.69) is 15.3 Å². The molecule has 3 N–H and O–H groups in total. The topological polar surface area (TPSA) is 73.1 Å². The van der Waals surface area contributed by atoms with Crippen molar-refractivity contribution in [3.05, 3.63) is 47.8 Å². The minimum atomic E-state index is 0.259. The summed E-state index contributed by atoms with van der Waals surface area (Å²) in [6, 6.07) is 9.44. The number of hydrogen-bond acceptors (Lipinski definition) is 5. The van der Waals surface area contributed by atoms with E-state index in [0.29, 0.717) is 18.2 Å². The van der Waals surface area contributed by atoms with Gasteiger partial charge in [0.1, 0.15) is 16.4 Å². The molecule has 0 aliphatic rings. The summed E-state index contributed by atoms with van der Waals surface area (Å²) in [5.74, 6) is 1.33. The predicted molar refractivity (Wildman–Crippen MR) is 78.2 cm³/mol. The van der Waals surface area contributed by atoms with Gasteiger partial charge in [-0.25, -0.2) is 9.97 Å². The van der Waals surface area contributed by atoms with Crippen LogP contribution < -0.4 is 15.8 Å². The quantitative estimate of drug-likeness (QED) is 0.809. The maximum atomic E-state index is 5.52. The number of nitrogens with one attached hydrogen (secondary N) is 1. The highest BCUT2D eigenvalue weighted by Crippen LogP contribution is 2.12. The van der Waals surface area contributed by atoms with E-state index in [4.69, 9.17) is 22.7 Å². The van der Waals surface area contributed by atoms with Gasteiger partial charge in [-0.2, -0.15) is 0 Å². The number of nitrogens with two attached hydrogens (primary N) is 1. The average Bonchev–Trinajstić information content (AvgIpc) is 2.46. The molecule has 0 aliphatic carbocycles.